The van der Waals surface area contributed by atoms with Crippen molar-refractivity contribution in [3.63, 3.8) is 0 Å². The summed E-state index contributed by atoms with van der Waals surface area (Å²) in [5.41, 5.74) is 1.43. The third-order valence-corrected chi connectivity index (χ3v) is 1.67. The Bertz CT molecular complexity index is 199. The van der Waals surface area contributed by atoms with Gasteiger partial charge in [0.15, 0.2) is 0 Å². The first-order valence-corrected chi connectivity index (χ1v) is 4.80. The zero-order chi connectivity index (χ0) is 9.56. The Morgan fingerprint density at radius 3 is 2.25 bits per heavy atom. The van der Waals surface area contributed by atoms with Crippen molar-refractivity contribution in [2.24, 2.45) is 13.0 Å². The SMILES string of the molecule is CC.CC(C)Cc1cccn1C. The van der Waals surface area contributed by atoms with Crippen molar-refractivity contribution in [1.82, 2.24) is 4.57 Å². The first-order valence-electron chi connectivity index (χ1n) is 4.80. The molecule has 1 aromatic heterocycles. The van der Waals surface area contributed by atoms with Crippen molar-refractivity contribution < 1.29 is 0 Å². The molecule has 0 fully saturated rings. The molecule has 0 saturated heterocycles. The quantitative estimate of drug-likeness (QED) is 0.637. The van der Waals surface area contributed by atoms with E-state index in [2.05, 4.69) is 43.8 Å². The molecular weight excluding hydrogens is 146 g/mol. The Morgan fingerprint density at radius 1 is 1.33 bits per heavy atom. The van der Waals surface area contributed by atoms with Crippen LogP contribution in [0.5, 0.6) is 0 Å². The highest BCUT2D eigenvalue weighted by Crippen LogP contribution is 2.06. The summed E-state index contributed by atoms with van der Waals surface area (Å²) in [6, 6.07) is 4.28. The minimum atomic E-state index is 0.758. The molecule has 1 nitrogen and oxygen atoms in total. The summed E-state index contributed by atoms with van der Waals surface area (Å²) in [6.07, 6.45) is 3.28. The largest absolute Gasteiger partial charge is 0.354 e. The van der Waals surface area contributed by atoms with Gasteiger partial charge in [0.05, 0.1) is 0 Å². The van der Waals surface area contributed by atoms with E-state index in [9.17, 15) is 0 Å². The van der Waals surface area contributed by atoms with Crippen LogP contribution in [0.4, 0.5) is 0 Å². The van der Waals surface area contributed by atoms with Crippen LogP contribution < -0.4 is 0 Å². The Balaban J connectivity index is 0.000000561. The van der Waals surface area contributed by atoms with Crippen molar-refractivity contribution in [2.45, 2.75) is 34.1 Å². The van der Waals surface area contributed by atoms with Crippen LogP contribution in [0.3, 0.4) is 0 Å². The van der Waals surface area contributed by atoms with Crippen molar-refractivity contribution in [3.8, 4) is 0 Å². The fourth-order valence-corrected chi connectivity index (χ4v) is 1.13. The van der Waals surface area contributed by atoms with E-state index in [1.165, 1.54) is 12.1 Å². The van der Waals surface area contributed by atoms with E-state index >= 15 is 0 Å². The average molecular weight is 167 g/mol. The van der Waals surface area contributed by atoms with E-state index in [1.807, 2.05) is 13.8 Å². The molecule has 1 aromatic rings. The molecule has 0 spiro atoms. The fraction of sp³-hybridized carbons (Fsp3) is 0.636. The summed E-state index contributed by atoms with van der Waals surface area (Å²) in [7, 11) is 2.09. The molecule has 0 amide bonds. The summed E-state index contributed by atoms with van der Waals surface area (Å²) >= 11 is 0. The van der Waals surface area contributed by atoms with Gasteiger partial charge in [0.1, 0.15) is 0 Å². The van der Waals surface area contributed by atoms with Gasteiger partial charge in [0, 0.05) is 18.9 Å². The zero-order valence-electron chi connectivity index (χ0n) is 8.96. The highest BCUT2D eigenvalue weighted by Gasteiger charge is 1.98. The van der Waals surface area contributed by atoms with Crippen molar-refractivity contribution in [2.75, 3.05) is 0 Å². The number of hydrogen-bond donors (Lipinski definition) is 0. The summed E-state index contributed by atoms with van der Waals surface area (Å²) < 4.78 is 2.18. The molecule has 0 aliphatic rings. The monoisotopic (exact) mass is 167 g/mol. The molecule has 12 heavy (non-hydrogen) atoms. The van der Waals surface area contributed by atoms with Gasteiger partial charge >= 0.3 is 0 Å². The molecule has 70 valence electrons. The number of nitrogens with zero attached hydrogens (tertiary/aromatic N) is 1. The lowest BCUT2D eigenvalue weighted by Gasteiger charge is -2.04. The lowest BCUT2D eigenvalue weighted by molar-refractivity contribution is 0.616. The minimum absolute atomic E-state index is 0.758. The molecule has 0 aromatic carbocycles. The maximum Gasteiger partial charge on any atom is 0.0174 e. The van der Waals surface area contributed by atoms with E-state index in [0.717, 1.165) is 5.92 Å². The van der Waals surface area contributed by atoms with E-state index in [4.69, 9.17) is 0 Å². The maximum atomic E-state index is 2.24. The third-order valence-electron chi connectivity index (χ3n) is 1.67. The van der Waals surface area contributed by atoms with Crippen molar-refractivity contribution >= 4 is 0 Å². The number of aromatic nitrogens is 1. The average Bonchev–Trinajstić information content (AvgIpc) is 2.40. The van der Waals surface area contributed by atoms with Crippen LogP contribution in [0.15, 0.2) is 18.3 Å². The smallest absolute Gasteiger partial charge is 0.0174 e. The first-order chi connectivity index (χ1) is 5.70. The fourth-order valence-electron chi connectivity index (χ4n) is 1.13. The third kappa shape index (κ3) is 3.61. The minimum Gasteiger partial charge on any atom is -0.354 e. The topological polar surface area (TPSA) is 4.93 Å². The van der Waals surface area contributed by atoms with Gasteiger partial charge in [-0.15, -0.1) is 0 Å². The predicted octanol–water partition coefficient (Wildman–Crippen LogP) is 3.25. The van der Waals surface area contributed by atoms with Gasteiger partial charge in [-0.25, -0.2) is 0 Å². The molecule has 0 atom stereocenters. The van der Waals surface area contributed by atoms with Crippen LogP contribution in [0.2, 0.25) is 0 Å². The molecular formula is C11H21N. The first kappa shape index (κ1) is 11.3. The molecule has 1 heterocycles. The van der Waals surface area contributed by atoms with Gasteiger partial charge in [-0.05, 0) is 24.5 Å². The number of hydrogen-bond acceptors (Lipinski definition) is 0. The Hall–Kier alpha value is -0.720. The molecule has 0 radical (unpaired) electrons. The molecule has 1 rings (SSSR count). The summed E-state index contributed by atoms with van der Waals surface area (Å²) in [5.74, 6) is 0.758. The molecule has 0 aliphatic heterocycles. The lowest BCUT2D eigenvalue weighted by Crippen LogP contribution is -1.99. The van der Waals surface area contributed by atoms with Crippen LogP contribution in [0.25, 0.3) is 0 Å². The summed E-state index contributed by atoms with van der Waals surface area (Å²) in [5, 5.41) is 0. The predicted molar refractivity (Wildman–Crippen MR) is 55.3 cm³/mol. The van der Waals surface area contributed by atoms with E-state index in [0.29, 0.717) is 0 Å². The van der Waals surface area contributed by atoms with Gasteiger partial charge < -0.3 is 4.57 Å². The number of rotatable bonds is 2. The molecule has 1 heteroatoms. The van der Waals surface area contributed by atoms with E-state index in [1.54, 1.807) is 0 Å². The van der Waals surface area contributed by atoms with Gasteiger partial charge in [0.2, 0.25) is 0 Å². The molecule has 0 bridgehead atoms. The standard InChI is InChI=1S/C9H15N.C2H6/c1-8(2)7-9-5-4-6-10(9)3;1-2/h4-6,8H,7H2,1-3H3;1-2H3. The van der Waals surface area contributed by atoms with Crippen molar-refractivity contribution in [3.05, 3.63) is 24.0 Å². The summed E-state index contributed by atoms with van der Waals surface area (Å²) in [6.45, 7) is 8.49. The van der Waals surface area contributed by atoms with Crippen LogP contribution in [0.1, 0.15) is 33.4 Å². The highest BCUT2D eigenvalue weighted by molar-refractivity contribution is 5.06. The normalized spacial score (nSPS) is 9.50. The molecule has 0 aliphatic carbocycles. The molecule has 0 N–H and O–H groups in total. The molecule has 0 saturated carbocycles. The summed E-state index contributed by atoms with van der Waals surface area (Å²) in [4.78, 5) is 0. The maximum absolute atomic E-state index is 2.24. The Morgan fingerprint density at radius 2 is 1.92 bits per heavy atom. The second-order valence-electron chi connectivity index (χ2n) is 3.21. The van der Waals surface area contributed by atoms with Gasteiger partial charge in [0.25, 0.3) is 0 Å². The van der Waals surface area contributed by atoms with E-state index < -0.39 is 0 Å². The lowest BCUT2D eigenvalue weighted by atomic mass is 10.1. The Kier molecular flexibility index (Phi) is 5.52. The second kappa shape index (κ2) is 5.87. The highest BCUT2D eigenvalue weighted by atomic mass is 14.9. The van der Waals surface area contributed by atoms with Gasteiger partial charge in [-0.3, -0.25) is 0 Å². The zero-order valence-corrected chi connectivity index (χ0v) is 8.96. The van der Waals surface area contributed by atoms with Crippen LogP contribution in [-0.2, 0) is 13.5 Å². The van der Waals surface area contributed by atoms with E-state index in [-0.39, 0.29) is 0 Å². The second-order valence-corrected chi connectivity index (χ2v) is 3.21. The molecule has 0 unspecified atom stereocenters. The van der Waals surface area contributed by atoms with Crippen LogP contribution in [0, 0.1) is 5.92 Å². The number of aryl methyl sites for hydroxylation is 1. The van der Waals surface area contributed by atoms with Crippen LogP contribution >= 0.6 is 0 Å². The van der Waals surface area contributed by atoms with Gasteiger partial charge in [-0.1, -0.05) is 27.7 Å². The van der Waals surface area contributed by atoms with Crippen molar-refractivity contribution in [1.29, 1.82) is 0 Å². The van der Waals surface area contributed by atoms with Crippen LogP contribution in [-0.4, -0.2) is 4.57 Å². The van der Waals surface area contributed by atoms with Gasteiger partial charge in [-0.2, -0.15) is 0 Å². The Labute approximate surface area is 76.4 Å².